The van der Waals surface area contributed by atoms with Crippen molar-refractivity contribution in [1.29, 1.82) is 0 Å². The predicted octanol–water partition coefficient (Wildman–Crippen LogP) is 4.12. The highest BCUT2D eigenvalue weighted by Crippen LogP contribution is 2.37. The normalized spacial score (nSPS) is 26.3. The number of rotatable bonds is 2. The summed E-state index contributed by atoms with van der Waals surface area (Å²) in [6, 6.07) is 8.51. The summed E-state index contributed by atoms with van der Waals surface area (Å²) in [5.41, 5.74) is 1.44. The van der Waals surface area contributed by atoms with Crippen molar-refractivity contribution in [2.45, 2.75) is 36.4 Å². The number of hydrogen-bond donors (Lipinski definition) is 0. The lowest BCUT2D eigenvalue weighted by molar-refractivity contribution is 0.413. The topological polar surface area (TPSA) is 9.23 Å². The fourth-order valence-corrected chi connectivity index (χ4v) is 3.21. The van der Waals surface area contributed by atoms with Gasteiger partial charge in [-0.15, -0.1) is 0 Å². The lowest BCUT2D eigenvalue weighted by atomic mass is 9.84. The Kier molecular flexibility index (Phi) is 3.68. The third-order valence-corrected chi connectivity index (χ3v) is 4.32. The van der Waals surface area contributed by atoms with E-state index in [4.69, 9.17) is 4.74 Å². The number of ether oxygens (including phenoxy) is 1. The van der Waals surface area contributed by atoms with Gasteiger partial charge in [-0.1, -0.05) is 40.9 Å². The average Bonchev–Trinajstić information content (AvgIpc) is 2.30. The van der Waals surface area contributed by atoms with Gasteiger partial charge >= 0.3 is 0 Å². The van der Waals surface area contributed by atoms with Crippen molar-refractivity contribution in [3.63, 3.8) is 0 Å². The lowest BCUT2D eigenvalue weighted by Crippen LogP contribution is -2.17. The second-order valence-corrected chi connectivity index (χ2v) is 5.36. The van der Waals surface area contributed by atoms with Crippen LogP contribution in [-0.2, 0) is 0 Å². The molecule has 0 aromatic heterocycles. The first-order chi connectivity index (χ1) is 7.31. The van der Waals surface area contributed by atoms with E-state index in [9.17, 15) is 0 Å². The third kappa shape index (κ3) is 2.54. The van der Waals surface area contributed by atoms with E-state index >= 15 is 0 Å². The molecule has 0 radical (unpaired) electrons. The van der Waals surface area contributed by atoms with Crippen molar-refractivity contribution in [1.82, 2.24) is 0 Å². The summed E-state index contributed by atoms with van der Waals surface area (Å²) in [4.78, 5) is 0.652. The molecule has 2 atom stereocenters. The van der Waals surface area contributed by atoms with Crippen LogP contribution in [-0.4, -0.2) is 11.9 Å². The molecular weight excluding hydrogens is 252 g/mol. The molecule has 0 bridgehead atoms. The molecule has 1 fully saturated rings. The highest BCUT2D eigenvalue weighted by Gasteiger charge is 2.23. The molecule has 0 spiro atoms. The molecule has 15 heavy (non-hydrogen) atoms. The molecule has 0 saturated heterocycles. The first-order valence-corrected chi connectivity index (χ1v) is 6.51. The van der Waals surface area contributed by atoms with Gasteiger partial charge in [-0.2, -0.15) is 0 Å². The van der Waals surface area contributed by atoms with Crippen LogP contribution >= 0.6 is 15.9 Å². The maximum Gasteiger partial charge on any atom is 0.118 e. The smallest absolute Gasteiger partial charge is 0.118 e. The first-order valence-electron chi connectivity index (χ1n) is 5.59. The average molecular weight is 269 g/mol. The second kappa shape index (κ2) is 5.02. The summed E-state index contributed by atoms with van der Waals surface area (Å²) in [6.07, 6.45) is 5.33. The third-order valence-electron chi connectivity index (χ3n) is 3.23. The zero-order valence-electron chi connectivity index (χ0n) is 9.08. The van der Waals surface area contributed by atoms with Gasteiger partial charge in [0, 0.05) is 4.83 Å². The van der Waals surface area contributed by atoms with E-state index in [0.29, 0.717) is 10.7 Å². The molecule has 1 saturated carbocycles. The predicted molar refractivity (Wildman–Crippen MR) is 66.9 cm³/mol. The van der Waals surface area contributed by atoms with E-state index in [1.54, 1.807) is 7.11 Å². The van der Waals surface area contributed by atoms with E-state index in [1.165, 1.54) is 31.2 Å². The monoisotopic (exact) mass is 268 g/mol. The van der Waals surface area contributed by atoms with Crippen LogP contribution in [0.1, 0.15) is 37.2 Å². The van der Waals surface area contributed by atoms with Gasteiger partial charge in [-0.05, 0) is 36.5 Å². The van der Waals surface area contributed by atoms with E-state index in [-0.39, 0.29) is 0 Å². The van der Waals surface area contributed by atoms with Gasteiger partial charge < -0.3 is 4.74 Å². The van der Waals surface area contributed by atoms with Crippen LogP contribution in [0.25, 0.3) is 0 Å². The SMILES string of the molecule is COc1ccc(C2CCCCC2Br)cc1. The van der Waals surface area contributed by atoms with Gasteiger partial charge in [0.2, 0.25) is 0 Å². The van der Waals surface area contributed by atoms with Crippen molar-refractivity contribution in [3.05, 3.63) is 29.8 Å². The Labute approximate surface area is 100.0 Å². The molecule has 1 aromatic rings. The molecular formula is C13H17BrO. The lowest BCUT2D eigenvalue weighted by Gasteiger charge is -2.27. The maximum atomic E-state index is 5.17. The Bertz CT molecular complexity index is 307. The largest absolute Gasteiger partial charge is 0.497 e. The van der Waals surface area contributed by atoms with Crippen LogP contribution in [0, 0.1) is 0 Å². The van der Waals surface area contributed by atoms with E-state index in [1.807, 2.05) is 0 Å². The Hall–Kier alpha value is -0.500. The Morgan fingerprint density at radius 3 is 2.40 bits per heavy atom. The number of methoxy groups -OCH3 is 1. The summed E-state index contributed by atoms with van der Waals surface area (Å²) < 4.78 is 5.17. The quantitative estimate of drug-likeness (QED) is 0.734. The molecule has 1 aliphatic rings. The first kappa shape index (κ1) is 11.0. The minimum Gasteiger partial charge on any atom is -0.497 e. The fourth-order valence-electron chi connectivity index (χ4n) is 2.31. The van der Waals surface area contributed by atoms with Crippen LogP contribution in [0.3, 0.4) is 0 Å². The van der Waals surface area contributed by atoms with Crippen LogP contribution in [0.5, 0.6) is 5.75 Å². The molecule has 0 heterocycles. The van der Waals surface area contributed by atoms with Crippen molar-refractivity contribution < 1.29 is 4.74 Å². The van der Waals surface area contributed by atoms with Crippen molar-refractivity contribution in [3.8, 4) is 5.75 Å². The zero-order chi connectivity index (χ0) is 10.7. The highest BCUT2D eigenvalue weighted by molar-refractivity contribution is 9.09. The number of halogens is 1. The summed E-state index contributed by atoms with van der Waals surface area (Å²) in [5, 5.41) is 0. The van der Waals surface area contributed by atoms with Crippen LogP contribution in [0.2, 0.25) is 0 Å². The number of hydrogen-bond acceptors (Lipinski definition) is 1. The molecule has 2 heteroatoms. The van der Waals surface area contributed by atoms with E-state index in [2.05, 4.69) is 40.2 Å². The molecule has 0 amide bonds. The van der Waals surface area contributed by atoms with Crippen LogP contribution < -0.4 is 4.74 Å². The van der Waals surface area contributed by atoms with E-state index < -0.39 is 0 Å². The molecule has 2 rings (SSSR count). The van der Waals surface area contributed by atoms with Crippen molar-refractivity contribution in [2.24, 2.45) is 0 Å². The van der Waals surface area contributed by atoms with E-state index in [0.717, 1.165) is 5.75 Å². The molecule has 0 aliphatic heterocycles. The molecule has 2 unspecified atom stereocenters. The Balaban J connectivity index is 2.13. The molecule has 1 aliphatic carbocycles. The van der Waals surface area contributed by atoms with Gasteiger partial charge in [0.05, 0.1) is 7.11 Å². The summed E-state index contributed by atoms with van der Waals surface area (Å²) in [7, 11) is 1.71. The zero-order valence-corrected chi connectivity index (χ0v) is 10.7. The molecule has 1 nitrogen and oxygen atoms in total. The molecule has 1 aromatic carbocycles. The highest BCUT2D eigenvalue weighted by atomic mass is 79.9. The maximum absolute atomic E-state index is 5.17. The Morgan fingerprint density at radius 1 is 1.13 bits per heavy atom. The van der Waals surface area contributed by atoms with Crippen LogP contribution in [0.4, 0.5) is 0 Å². The van der Waals surface area contributed by atoms with Gasteiger partial charge in [-0.25, -0.2) is 0 Å². The van der Waals surface area contributed by atoms with Gasteiger partial charge in [-0.3, -0.25) is 0 Å². The van der Waals surface area contributed by atoms with Gasteiger partial charge in [0.1, 0.15) is 5.75 Å². The van der Waals surface area contributed by atoms with Gasteiger partial charge in [0.15, 0.2) is 0 Å². The minimum absolute atomic E-state index is 0.652. The minimum atomic E-state index is 0.652. The summed E-state index contributed by atoms with van der Waals surface area (Å²) in [6.45, 7) is 0. The Morgan fingerprint density at radius 2 is 1.80 bits per heavy atom. The van der Waals surface area contributed by atoms with Crippen molar-refractivity contribution in [2.75, 3.05) is 7.11 Å². The van der Waals surface area contributed by atoms with Crippen LogP contribution in [0.15, 0.2) is 24.3 Å². The summed E-state index contributed by atoms with van der Waals surface area (Å²) >= 11 is 3.80. The van der Waals surface area contributed by atoms with Gasteiger partial charge in [0.25, 0.3) is 0 Å². The molecule has 0 N–H and O–H groups in total. The number of benzene rings is 1. The second-order valence-electron chi connectivity index (χ2n) is 4.18. The summed E-state index contributed by atoms with van der Waals surface area (Å²) in [5.74, 6) is 1.63. The standard InChI is InChI=1S/C13H17BrO/c1-15-11-8-6-10(7-9-11)12-4-2-3-5-13(12)14/h6-9,12-13H,2-5H2,1H3. The van der Waals surface area contributed by atoms with Crippen molar-refractivity contribution >= 4 is 15.9 Å². The molecule has 82 valence electrons. The fraction of sp³-hybridized carbons (Fsp3) is 0.538. The number of alkyl halides is 1.